The van der Waals surface area contributed by atoms with Crippen LogP contribution in [0, 0.1) is 0 Å². The average molecular weight is 277 g/mol. The number of pyridine rings is 1. The van der Waals surface area contributed by atoms with Crippen molar-refractivity contribution in [3.63, 3.8) is 0 Å². The lowest BCUT2D eigenvalue weighted by Crippen LogP contribution is -2.46. The molecule has 1 amide bonds. The molecule has 3 heterocycles. The number of hydrogen-bond donors (Lipinski definition) is 1. The van der Waals surface area contributed by atoms with Crippen LogP contribution >= 0.6 is 0 Å². The largest absolute Gasteiger partial charge is 0.271 e. The smallest absolute Gasteiger partial charge is 0.261 e. The molecule has 1 aromatic heterocycles. The van der Waals surface area contributed by atoms with Gasteiger partial charge in [-0.25, -0.2) is 10.4 Å². The van der Waals surface area contributed by atoms with Crippen LogP contribution in [0.2, 0.25) is 0 Å². The molecular weight excluding hydrogens is 266 g/mol. The van der Waals surface area contributed by atoms with Gasteiger partial charge in [0.1, 0.15) is 12.3 Å². The number of hydrogen-bond acceptors (Lipinski definition) is 5. The van der Waals surface area contributed by atoms with E-state index >= 15 is 0 Å². The molecule has 0 saturated carbocycles. The number of carbonyl (C=O) groups excluding carboxylic acids is 1. The third-order valence-electron chi connectivity index (χ3n) is 3.38. The first-order valence-corrected chi connectivity index (χ1v) is 6.57. The number of hydrazone groups is 2. The maximum Gasteiger partial charge on any atom is 0.261 e. The number of nitrogens with zero attached hydrogens (tertiary/aromatic N) is 4. The Morgan fingerprint density at radius 2 is 1.86 bits per heavy atom. The molecule has 2 aliphatic rings. The number of amidine groups is 1. The summed E-state index contributed by atoms with van der Waals surface area (Å²) in [4.78, 5) is 15.9. The molecule has 2 aromatic rings. The molecule has 21 heavy (non-hydrogen) atoms. The van der Waals surface area contributed by atoms with Gasteiger partial charge in [-0.3, -0.25) is 9.78 Å². The Bertz CT molecular complexity index is 782. The Labute approximate surface area is 120 Å². The fourth-order valence-electron chi connectivity index (χ4n) is 2.45. The van der Waals surface area contributed by atoms with E-state index in [1.165, 1.54) is 0 Å². The summed E-state index contributed by atoms with van der Waals surface area (Å²) in [6.07, 6.45) is 1.73. The monoisotopic (exact) mass is 277 g/mol. The van der Waals surface area contributed by atoms with Crippen molar-refractivity contribution in [2.75, 3.05) is 6.54 Å². The van der Waals surface area contributed by atoms with Gasteiger partial charge in [0.05, 0.1) is 5.69 Å². The summed E-state index contributed by atoms with van der Waals surface area (Å²) in [5.41, 5.74) is 5.92. The van der Waals surface area contributed by atoms with E-state index < -0.39 is 0 Å². The van der Waals surface area contributed by atoms with E-state index in [9.17, 15) is 4.79 Å². The predicted molar refractivity (Wildman–Crippen MR) is 77.7 cm³/mol. The van der Waals surface area contributed by atoms with Crippen LogP contribution in [0.4, 0.5) is 0 Å². The van der Waals surface area contributed by atoms with Crippen molar-refractivity contribution in [2.24, 2.45) is 10.2 Å². The molecule has 0 aliphatic carbocycles. The lowest BCUT2D eigenvalue weighted by atomic mass is 9.98. The van der Waals surface area contributed by atoms with E-state index in [1.807, 2.05) is 42.5 Å². The Balaban J connectivity index is 1.93. The van der Waals surface area contributed by atoms with Gasteiger partial charge in [-0.05, 0) is 12.1 Å². The molecule has 1 N–H and O–H groups in total. The van der Waals surface area contributed by atoms with Crippen molar-refractivity contribution >= 4 is 17.5 Å². The fourth-order valence-corrected chi connectivity index (χ4v) is 2.45. The number of aromatic nitrogens is 1. The van der Waals surface area contributed by atoms with Crippen molar-refractivity contribution < 1.29 is 4.79 Å². The standard InChI is InChI=1S/C15H11N5O/c21-13-9-20-15(18-17-13)11-6-2-1-5-10(11)14(19-20)12-7-3-4-8-16-12/h1-8H,9H2,(H,17,21). The van der Waals surface area contributed by atoms with Crippen LogP contribution in [0.5, 0.6) is 0 Å². The van der Waals surface area contributed by atoms with E-state index in [0.29, 0.717) is 5.84 Å². The molecule has 0 fully saturated rings. The number of amides is 1. The summed E-state index contributed by atoms with van der Waals surface area (Å²) in [6.45, 7) is 0.156. The second-order valence-electron chi connectivity index (χ2n) is 4.74. The third kappa shape index (κ3) is 1.88. The Hall–Kier alpha value is -3.02. The fraction of sp³-hybridized carbons (Fsp3) is 0.0667. The zero-order chi connectivity index (χ0) is 14.2. The molecule has 6 heteroatoms. The molecule has 1 aromatic carbocycles. The topological polar surface area (TPSA) is 70.0 Å². The van der Waals surface area contributed by atoms with Crippen LogP contribution in [0.3, 0.4) is 0 Å². The second kappa shape index (κ2) is 4.52. The average Bonchev–Trinajstić information content (AvgIpc) is 2.54. The summed E-state index contributed by atoms with van der Waals surface area (Å²) in [6, 6.07) is 13.5. The van der Waals surface area contributed by atoms with Crippen molar-refractivity contribution in [3.05, 3.63) is 65.5 Å². The van der Waals surface area contributed by atoms with E-state index in [4.69, 9.17) is 0 Å². The maximum atomic E-state index is 11.5. The number of benzene rings is 1. The Morgan fingerprint density at radius 3 is 2.67 bits per heavy atom. The first-order valence-electron chi connectivity index (χ1n) is 6.57. The second-order valence-corrected chi connectivity index (χ2v) is 4.74. The molecule has 102 valence electrons. The maximum absolute atomic E-state index is 11.5. The number of carbonyl (C=O) groups is 1. The van der Waals surface area contributed by atoms with Crippen LogP contribution in [0.15, 0.2) is 58.9 Å². The minimum Gasteiger partial charge on any atom is -0.271 e. The molecule has 4 rings (SSSR count). The summed E-state index contributed by atoms with van der Waals surface area (Å²) < 4.78 is 0. The highest BCUT2D eigenvalue weighted by Crippen LogP contribution is 2.23. The van der Waals surface area contributed by atoms with Crippen molar-refractivity contribution in [3.8, 4) is 0 Å². The van der Waals surface area contributed by atoms with Gasteiger partial charge in [0.15, 0.2) is 5.84 Å². The highest BCUT2D eigenvalue weighted by molar-refractivity contribution is 6.21. The van der Waals surface area contributed by atoms with Crippen LogP contribution in [-0.4, -0.2) is 34.0 Å². The van der Waals surface area contributed by atoms with Crippen molar-refractivity contribution in [2.45, 2.75) is 0 Å². The SMILES string of the molecule is O=C1CN2N=C(c3ccccn3)c3ccccc3C2=NN1. The Morgan fingerprint density at radius 1 is 1.05 bits per heavy atom. The van der Waals surface area contributed by atoms with Gasteiger partial charge in [-0.2, -0.15) is 10.2 Å². The quantitative estimate of drug-likeness (QED) is 0.843. The molecular formula is C15H11N5O. The van der Waals surface area contributed by atoms with Crippen LogP contribution in [0.1, 0.15) is 16.8 Å². The molecule has 0 radical (unpaired) electrons. The first kappa shape index (κ1) is 11.8. The molecule has 2 aliphatic heterocycles. The Kier molecular flexibility index (Phi) is 2.53. The molecule has 0 unspecified atom stereocenters. The van der Waals surface area contributed by atoms with Gasteiger partial charge in [0, 0.05) is 17.3 Å². The van der Waals surface area contributed by atoms with E-state index in [1.54, 1.807) is 11.2 Å². The molecule has 6 nitrogen and oxygen atoms in total. The lowest BCUT2D eigenvalue weighted by Gasteiger charge is -2.30. The summed E-state index contributed by atoms with van der Waals surface area (Å²) >= 11 is 0. The van der Waals surface area contributed by atoms with Gasteiger partial charge in [0.25, 0.3) is 5.91 Å². The van der Waals surface area contributed by atoms with Gasteiger partial charge in [0.2, 0.25) is 0 Å². The van der Waals surface area contributed by atoms with E-state index in [-0.39, 0.29) is 12.5 Å². The van der Waals surface area contributed by atoms with Crippen LogP contribution in [-0.2, 0) is 4.79 Å². The predicted octanol–water partition coefficient (Wildman–Crippen LogP) is 0.941. The van der Waals surface area contributed by atoms with Crippen LogP contribution in [0.25, 0.3) is 0 Å². The van der Waals surface area contributed by atoms with Crippen LogP contribution < -0.4 is 5.43 Å². The minimum absolute atomic E-state index is 0.156. The van der Waals surface area contributed by atoms with Gasteiger partial charge >= 0.3 is 0 Å². The zero-order valence-corrected chi connectivity index (χ0v) is 11.0. The van der Waals surface area contributed by atoms with Crippen molar-refractivity contribution in [1.29, 1.82) is 0 Å². The molecule has 0 atom stereocenters. The van der Waals surface area contributed by atoms with Gasteiger partial charge < -0.3 is 0 Å². The van der Waals surface area contributed by atoms with Crippen molar-refractivity contribution in [1.82, 2.24) is 15.4 Å². The molecule has 0 saturated heterocycles. The zero-order valence-electron chi connectivity index (χ0n) is 11.0. The summed E-state index contributed by atoms with van der Waals surface area (Å²) in [5, 5.41) is 10.3. The van der Waals surface area contributed by atoms with Gasteiger partial charge in [-0.15, -0.1) is 0 Å². The molecule has 0 bridgehead atoms. The highest BCUT2D eigenvalue weighted by atomic mass is 16.2. The molecule has 0 spiro atoms. The summed E-state index contributed by atoms with van der Waals surface area (Å²) in [7, 11) is 0. The number of fused-ring (bicyclic) bond motifs is 3. The highest BCUT2D eigenvalue weighted by Gasteiger charge is 2.30. The first-order chi connectivity index (χ1) is 10.3. The summed E-state index contributed by atoms with van der Waals surface area (Å²) in [5.74, 6) is 0.479. The number of nitrogens with one attached hydrogen (secondary N) is 1. The minimum atomic E-state index is -0.178. The normalized spacial score (nSPS) is 16.4. The van der Waals surface area contributed by atoms with E-state index in [2.05, 4.69) is 20.6 Å². The third-order valence-corrected chi connectivity index (χ3v) is 3.38. The van der Waals surface area contributed by atoms with E-state index in [0.717, 1.165) is 22.5 Å². The van der Waals surface area contributed by atoms with Gasteiger partial charge in [-0.1, -0.05) is 30.3 Å². The number of rotatable bonds is 1. The lowest BCUT2D eigenvalue weighted by molar-refractivity contribution is -0.122.